The summed E-state index contributed by atoms with van der Waals surface area (Å²) in [6, 6.07) is 0. The van der Waals surface area contributed by atoms with Crippen molar-refractivity contribution in [3.05, 3.63) is 23.8 Å². The Morgan fingerprint density at radius 1 is 1.73 bits per heavy atom. The summed E-state index contributed by atoms with van der Waals surface area (Å²) in [6.07, 6.45) is 7.76. The molecule has 0 amide bonds. The van der Waals surface area contributed by atoms with Crippen LogP contribution in [0.15, 0.2) is 23.8 Å². The zero-order valence-electron chi connectivity index (χ0n) is 6.60. The molecule has 11 heavy (non-hydrogen) atoms. The minimum Gasteiger partial charge on any atom is -0.290 e. The van der Waals surface area contributed by atoms with Crippen LogP contribution in [0.3, 0.4) is 0 Å². The molecule has 59 valence electrons. The summed E-state index contributed by atoms with van der Waals surface area (Å²) in [6.45, 7) is 3.99. The molecule has 0 aromatic carbocycles. The molecular weight excluding hydrogens is 204 g/mol. The Morgan fingerprint density at radius 3 is 2.82 bits per heavy atom. The normalized spacial score (nSPS) is 36.6. The molecule has 1 aliphatic carbocycles. The van der Waals surface area contributed by atoms with E-state index in [9.17, 15) is 4.79 Å². The molecule has 0 saturated carbocycles. The fourth-order valence-electron chi connectivity index (χ4n) is 1.05. The van der Waals surface area contributed by atoms with E-state index in [-0.39, 0.29) is 10.2 Å². The Balaban J connectivity index is 2.97. The van der Waals surface area contributed by atoms with Crippen molar-refractivity contribution in [3.8, 4) is 0 Å². The van der Waals surface area contributed by atoms with Gasteiger partial charge in [-0.2, -0.15) is 0 Å². The summed E-state index contributed by atoms with van der Waals surface area (Å²) in [5.74, 6) is -0.160. The van der Waals surface area contributed by atoms with Gasteiger partial charge in [-0.15, -0.1) is 0 Å². The summed E-state index contributed by atoms with van der Waals surface area (Å²) in [5.41, 5.74) is 1.16. The van der Waals surface area contributed by atoms with Crippen molar-refractivity contribution < 1.29 is 4.79 Å². The fourth-order valence-corrected chi connectivity index (χ4v) is 1.43. The lowest BCUT2D eigenvalue weighted by Crippen LogP contribution is -2.30. The number of hydrogen-bond donors (Lipinski definition) is 0. The second-order valence-corrected chi connectivity index (χ2v) is 4.55. The van der Waals surface area contributed by atoms with Gasteiger partial charge in [-0.3, -0.25) is 4.79 Å². The Bertz CT molecular complexity index is 226. The van der Waals surface area contributed by atoms with Gasteiger partial charge in [-0.05, 0) is 13.8 Å². The third-order valence-corrected chi connectivity index (χ3v) is 3.25. The summed E-state index contributed by atoms with van der Waals surface area (Å²) >= 11 is 3.50. The lowest BCUT2D eigenvalue weighted by Gasteiger charge is -2.29. The van der Waals surface area contributed by atoms with E-state index in [0.717, 1.165) is 5.57 Å². The van der Waals surface area contributed by atoms with E-state index >= 15 is 0 Å². The van der Waals surface area contributed by atoms with Crippen LogP contribution in [-0.4, -0.2) is 10.6 Å². The molecule has 0 N–H and O–H groups in total. The highest BCUT2D eigenvalue weighted by atomic mass is 79.9. The molecule has 1 rings (SSSR count). The highest BCUT2D eigenvalue weighted by Crippen LogP contribution is 2.37. The molecule has 2 atom stereocenters. The van der Waals surface area contributed by atoms with Crippen LogP contribution in [0.25, 0.3) is 0 Å². The van der Waals surface area contributed by atoms with Crippen molar-refractivity contribution in [2.24, 2.45) is 5.92 Å². The third-order valence-electron chi connectivity index (χ3n) is 2.13. The van der Waals surface area contributed by atoms with Crippen molar-refractivity contribution in [2.75, 3.05) is 0 Å². The first-order valence-electron chi connectivity index (χ1n) is 3.51. The number of alkyl halides is 1. The van der Waals surface area contributed by atoms with Gasteiger partial charge in [-0.25, -0.2) is 0 Å². The molecule has 0 fully saturated rings. The first-order chi connectivity index (χ1) is 5.09. The van der Waals surface area contributed by atoms with E-state index in [1.54, 1.807) is 0 Å². The molecule has 0 aliphatic heterocycles. The molecule has 0 saturated heterocycles. The van der Waals surface area contributed by atoms with Gasteiger partial charge in [-0.1, -0.05) is 39.7 Å². The van der Waals surface area contributed by atoms with Gasteiger partial charge in [0, 0.05) is 0 Å². The first kappa shape index (κ1) is 8.72. The molecule has 1 nitrogen and oxygen atoms in total. The number of hydrogen-bond acceptors (Lipinski definition) is 1. The maximum Gasteiger partial charge on any atom is 0.207 e. The smallest absolute Gasteiger partial charge is 0.207 e. The number of carbonyl (C=O) groups excluding carboxylic acids is 1. The van der Waals surface area contributed by atoms with Crippen molar-refractivity contribution in [2.45, 2.75) is 18.2 Å². The molecule has 0 aromatic rings. The number of halogens is 1. The van der Waals surface area contributed by atoms with Crippen LogP contribution in [0.2, 0.25) is 0 Å². The molecular formula is C9H10BrO. The summed E-state index contributed by atoms with van der Waals surface area (Å²) < 4.78 is -0.233. The highest BCUT2D eigenvalue weighted by molar-refractivity contribution is 9.10. The summed E-state index contributed by atoms with van der Waals surface area (Å²) in [4.78, 5) is 10.5. The zero-order chi connectivity index (χ0) is 8.48. The highest BCUT2D eigenvalue weighted by Gasteiger charge is 2.33. The number of allylic oxidation sites excluding steroid dienone is 4. The Kier molecular flexibility index (Phi) is 2.33. The number of rotatable bonds is 1. The Labute approximate surface area is 75.3 Å². The lowest BCUT2D eigenvalue weighted by molar-refractivity contribution is 0.520. The molecule has 2 heteroatoms. The maximum absolute atomic E-state index is 10.5. The van der Waals surface area contributed by atoms with E-state index in [1.165, 1.54) is 0 Å². The van der Waals surface area contributed by atoms with Gasteiger partial charge in [0.15, 0.2) is 0 Å². The van der Waals surface area contributed by atoms with Gasteiger partial charge < -0.3 is 0 Å². The molecule has 2 unspecified atom stereocenters. The van der Waals surface area contributed by atoms with E-state index in [4.69, 9.17) is 0 Å². The van der Waals surface area contributed by atoms with Crippen LogP contribution in [0.5, 0.6) is 0 Å². The van der Waals surface area contributed by atoms with Crippen molar-refractivity contribution in [1.29, 1.82) is 0 Å². The van der Waals surface area contributed by atoms with Crippen molar-refractivity contribution in [1.82, 2.24) is 0 Å². The predicted octanol–water partition coefficient (Wildman–Crippen LogP) is 2.38. The predicted molar refractivity (Wildman–Crippen MR) is 49.4 cm³/mol. The monoisotopic (exact) mass is 213 g/mol. The van der Waals surface area contributed by atoms with E-state index in [1.807, 2.05) is 38.4 Å². The average molecular weight is 214 g/mol. The Morgan fingerprint density at radius 2 is 2.36 bits per heavy atom. The van der Waals surface area contributed by atoms with Crippen molar-refractivity contribution in [3.63, 3.8) is 0 Å². The van der Waals surface area contributed by atoms with Crippen LogP contribution >= 0.6 is 15.9 Å². The molecule has 0 heterocycles. The lowest BCUT2D eigenvalue weighted by atomic mass is 9.85. The van der Waals surface area contributed by atoms with Crippen LogP contribution in [0.1, 0.15) is 13.8 Å². The van der Waals surface area contributed by atoms with Crippen LogP contribution < -0.4 is 0 Å². The summed E-state index contributed by atoms with van der Waals surface area (Å²) in [7, 11) is 0. The molecule has 0 bridgehead atoms. The maximum atomic E-state index is 10.5. The second kappa shape index (κ2) is 2.94. The van der Waals surface area contributed by atoms with Gasteiger partial charge >= 0.3 is 0 Å². The largest absolute Gasteiger partial charge is 0.290 e. The van der Waals surface area contributed by atoms with Gasteiger partial charge in [0.05, 0.1) is 10.2 Å². The molecule has 0 spiro atoms. The van der Waals surface area contributed by atoms with Crippen LogP contribution in [0.4, 0.5) is 0 Å². The molecule has 0 aromatic heterocycles. The molecule has 1 aliphatic rings. The van der Waals surface area contributed by atoms with E-state index < -0.39 is 0 Å². The second-order valence-electron chi connectivity index (χ2n) is 2.91. The van der Waals surface area contributed by atoms with E-state index in [2.05, 4.69) is 15.9 Å². The average Bonchev–Trinajstić information content (AvgIpc) is 1.95. The first-order valence-corrected chi connectivity index (χ1v) is 4.30. The third kappa shape index (κ3) is 1.45. The summed E-state index contributed by atoms with van der Waals surface area (Å²) in [5, 5.41) is 0. The van der Waals surface area contributed by atoms with Gasteiger partial charge in [0.2, 0.25) is 6.29 Å². The van der Waals surface area contributed by atoms with Crippen LogP contribution in [0, 0.1) is 5.92 Å². The minimum atomic E-state index is -0.233. The van der Waals surface area contributed by atoms with Gasteiger partial charge in [0.1, 0.15) is 0 Å². The molecule has 1 radical (unpaired) electrons. The standard InChI is InChI=1S/C9H10BrO/c1-7-4-3-5-8(6-11)9(7,2)10/h3-5,8H,1-2H3. The minimum absolute atomic E-state index is 0.160. The Hall–Kier alpha value is -0.370. The zero-order valence-corrected chi connectivity index (χ0v) is 8.18. The quantitative estimate of drug-likeness (QED) is 0.612. The SMILES string of the molecule is CC1=CC=CC([C]=O)C1(C)Br. The van der Waals surface area contributed by atoms with E-state index in [0.29, 0.717) is 0 Å². The van der Waals surface area contributed by atoms with Crippen LogP contribution in [-0.2, 0) is 4.79 Å². The topological polar surface area (TPSA) is 17.1 Å². The van der Waals surface area contributed by atoms with Gasteiger partial charge in [0.25, 0.3) is 0 Å². The fraction of sp³-hybridized carbons (Fsp3) is 0.444. The van der Waals surface area contributed by atoms with Crippen molar-refractivity contribution >= 4 is 22.2 Å².